The molecule has 2 N–H and O–H groups in total. The lowest BCUT2D eigenvalue weighted by Gasteiger charge is -2.31. The van der Waals surface area contributed by atoms with E-state index in [2.05, 4.69) is 10.3 Å². The van der Waals surface area contributed by atoms with Gasteiger partial charge in [-0.05, 0) is 50.1 Å². The molecular formula is C31H33F3N4O3. The number of fused-ring (bicyclic) bond motifs is 1. The normalized spacial score (nSPS) is 11.5. The van der Waals surface area contributed by atoms with E-state index in [1.54, 1.807) is 25.9 Å². The first kappa shape index (κ1) is 29.5. The predicted octanol–water partition coefficient (Wildman–Crippen LogP) is 6.71. The van der Waals surface area contributed by atoms with Crippen molar-refractivity contribution in [2.24, 2.45) is 0 Å². The van der Waals surface area contributed by atoms with Crippen LogP contribution in [0, 0.1) is 0 Å². The maximum atomic E-state index is 13.7. The standard InChI is InChI=1S/C31H33F3N4O3/c1-21(2)38(30(40)36-27-14-8-6-12-25(27)31(32,33)34)20-29(39)37(19-23-10-4-9-15-28(23)41-3)17-16-22-18-35-26-13-7-5-11-24(22)26/h4-15,18,21,35H,16-17,19-20H2,1-3H3,(H,36,40). The molecule has 0 fully saturated rings. The van der Waals surface area contributed by atoms with Gasteiger partial charge in [0.15, 0.2) is 0 Å². The van der Waals surface area contributed by atoms with Gasteiger partial charge in [-0.1, -0.05) is 48.5 Å². The Morgan fingerprint density at radius 2 is 1.63 bits per heavy atom. The zero-order valence-corrected chi connectivity index (χ0v) is 23.2. The number of hydrogen-bond donors (Lipinski definition) is 2. The van der Waals surface area contributed by atoms with Crippen LogP contribution in [0.1, 0.15) is 30.5 Å². The molecule has 3 aromatic carbocycles. The summed E-state index contributed by atoms with van der Waals surface area (Å²) in [6, 6.07) is 18.8. The molecule has 4 aromatic rings. The Hall–Kier alpha value is -4.47. The van der Waals surface area contributed by atoms with Gasteiger partial charge in [0.1, 0.15) is 12.3 Å². The summed E-state index contributed by atoms with van der Waals surface area (Å²) in [5.41, 5.74) is 1.50. The highest BCUT2D eigenvalue weighted by Gasteiger charge is 2.34. The maximum Gasteiger partial charge on any atom is 0.418 e. The minimum Gasteiger partial charge on any atom is -0.496 e. The SMILES string of the molecule is COc1ccccc1CN(CCc1c[nH]c2ccccc12)C(=O)CN(C(=O)Nc1ccccc1C(F)(F)F)C(C)C. The van der Waals surface area contributed by atoms with Crippen LogP contribution in [-0.2, 0) is 23.9 Å². The van der Waals surface area contributed by atoms with Crippen LogP contribution in [0.25, 0.3) is 10.9 Å². The smallest absolute Gasteiger partial charge is 0.418 e. The van der Waals surface area contributed by atoms with Crippen molar-refractivity contribution < 1.29 is 27.5 Å². The van der Waals surface area contributed by atoms with Crippen molar-refractivity contribution in [1.82, 2.24) is 14.8 Å². The largest absolute Gasteiger partial charge is 0.496 e. The number of ether oxygens (including phenoxy) is 1. The summed E-state index contributed by atoms with van der Waals surface area (Å²) in [4.78, 5) is 33.1. The number of aromatic nitrogens is 1. The predicted molar refractivity (Wildman–Crippen MR) is 153 cm³/mol. The molecule has 0 spiro atoms. The molecule has 0 unspecified atom stereocenters. The highest BCUT2D eigenvalue weighted by atomic mass is 19.4. The van der Waals surface area contributed by atoms with Crippen molar-refractivity contribution in [3.63, 3.8) is 0 Å². The molecule has 10 heteroatoms. The number of nitrogens with one attached hydrogen (secondary N) is 2. The van der Waals surface area contributed by atoms with Crippen molar-refractivity contribution in [1.29, 1.82) is 0 Å². The lowest BCUT2D eigenvalue weighted by atomic mass is 10.1. The fourth-order valence-electron chi connectivity index (χ4n) is 4.69. The highest BCUT2D eigenvalue weighted by Crippen LogP contribution is 2.34. The number of rotatable bonds is 10. The van der Waals surface area contributed by atoms with E-state index in [1.165, 1.54) is 23.1 Å². The molecule has 1 aromatic heterocycles. The molecule has 1 heterocycles. The highest BCUT2D eigenvalue weighted by molar-refractivity contribution is 5.93. The fourth-order valence-corrected chi connectivity index (χ4v) is 4.69. The number of alkyl halides is 3. The van der Waals surface area contributed by atoms with Crippen LogP contribution >= 0.6 is 0 Å². The zero-order chi connectivity index (χ0) is 29.6. The summed E-state index contributed by atoms with van der Waals surface area (Å²) >= 11 is 0. The molecule has 0 aliphatic heterocycles. The van der Waals surface area contributed by atoms with E-state index in [0.29, 0.717) is 18.7 Å². The first-order valence-electron chi connectivity index (χ1n) is 13.3. The second-order valence-electron chi connectivity index (χ2n) is 9.93. The number of anilines is 1. The van der Waals surface area contributed by atoms with Crippen LogP contribution in [0.4, 0.5) is 23.7 Å². The Kier molecular flexibility index (Phi) is 9.21. The third-order valence-corrected chi connectivity index (χ3v) is 6.90. The van der Waals surface area contributed by atoms with Crippen molar-refractivity contribution in [3.05, 3.63) is 95.7 Å². The quantitative estimate of drug-likeness (QED) is 0.224. The number of methoxy groups -OCH3 is 1. The topological polar surface area (TPSA) is 77.7 Å². The number of carbonyl (C=O) groups is 2. The van der Waals surface area contributed by atoms with E-state index < -0.39 is 23.8 Å². The molecule has 0 atom stereocenters. The summed E-state index contributed by atoms with van der Waals surface area (Å²) < 4.78 is 46.0. The van der Waals surface area contributed by atoms with Gasteiger partial charge in [0.2, 0.25) is 5.91 Å². The molecule has 0 saturated heterocycles. The molecule has 0 radical (unpaired) electrons. The number of para-hydroxylation sites is 3. The van der Waals surface area contributed by atoms with E-state index in [0.717, 1.165) is 28.1 Å². The lowest BCUT2D eigenvalue weighted by Crippen LogP contribution is -2.47. The van der Waals surface area contributed by atoms with E-state index in [1.807, 2.05) is 54.7 Å². The van der Waals surface area contributed by atoms with Gasteiger partial charge < -0.3 is 24.8 Å². The molecule has 216 valence electrons. The summed E-state index contributed by atoms with van der Waals surface area (Å²) in [5.74, 6) is 0.281. The first-order valence-corrected chi connectivity index (χ1v) is 13.3. The third-order valence-electron chi connectivity index (χ3n) is 6.90. The van der Waals surface area contributed by atoms with Gasteiger partial charge in [0.25, 0.3) is 0 Å². The number of aromatic amines is 1. The number of H-pyrrole nitrogens is 1. The van der Waals surface area contributed by atoms with Gasteiger partial charge in [-0.3, -0.25) is 4.79 Å². The Morgan fingerprint density at radius 1 is 0.951 bits per heavy atom. The Labute approximate surface area is 236 Å². The van der Waals surface area contributed by atoms with Gasteiger partial charge in [-0.25, -0.2) is 4.79 Å². The summed E-state index contributed by atoms with van der Waals surface area (Å²) in [7, 11) is 1.56. The molecule has 41 heavy (non-hydrogen) atoms. The number of carbonyl (C=O) groups excluding carboxylic acids is 2. The monoisotopic (exact) mass is 566 g/mol. The number of amides is 3. The second-order valence-corrected chi connectivity index (χ2v) is 9.93. The number of benzene rings is 3. The average Bonchev–Trinajstić information content (AvgIpc) is 3.36. The van der Waals surface area contributed by atoms with Gasteiger partial charge in [-0.15, -0.1) is 0 Å². The van der Waals surface area contributed by atoms with Crippen LogP contribution in [0.15, 0.2) is 79.0 Å². The first-order chi connectivity index (χ1) is 19.6. The summed E-state index contributed by atoms with van der Waals surface area (Å²) in [6.45, 7) is 3.68. The lowest BCUT2D eigenvalue weighted by molar-refractivity contribution is -0.137. The van der Waals surface area contributed by atoms with Crippen LogP contribution in [0.3, 0.4) is 0 Å². The molecule has 0 bridgehead atoms. The molecular weight excluding hydrogens is 533 g/mol. The fraction of sp³-hybridized carbons (Fsp3) is 0.290. The van der Waals surface area contributed by atoms with E-state index >= 15 is 0 Å². The van der Waals surface area contributed by atoms with Gasteiger partial charge in [-0.2, -0.15) is 13.2 Å². The molecule has 0 aliphatic rings. The van der Waals surface area contributed by atoms with Gasteiger partial charge in [0, 0.05) is 41.8 Å². The van der Waals surface area contributed by atoms with Crippen molar-refractivity contribution >= 4 is 28.5 Å². The van der Waals surface area contributed by atoms with Gasteiger partial charge in [0.05, 0.1) is 18.4 Å². The minimum atomic E-state index is -4.64. The van der Waals surface area contributed by atoms with Crippen LogP contribution in [-0.4, -0.2) is 53.0 Å². The van der Waals surface area contributed by atoms with Crippen LogP contribution in [0.5, 0.6) is 5.75 Å². The van der Waals surface area contributed by atoms with Crippen molar-refractivity contribution in [2.75, 3.05) is 25.5 Å². The number of hydrogen-bond acceptors (Lipinski definition) is 3. The zero-order valence-electron chi connectivity index (χ0n) is 23.2. The van der Waals surface area contributed by atoms with E-state index in [-0.39, 0.29) is 24.7 Å². The third kappa shape index (κ3) is 7.19. The van der Waals surface area contributed by atoms with Gasteiger partial charge >= 0.3 is 12.2 Å². The molecule has 0 saturated carbocycles. The summed E-state index contributed by atoms with van der Waals surface area (Å²) in [5, 5.41) is 3.42. The second kappa shape index (κ2) is 12.8. The minimum absolute atomic E-state index is 0.232. The molecule has 7 nitrogen and oxygen atoms in total. The van der Waals surface area contributed by atoms with Crippen LogP contribution < -0.4 is 10.1 Å². The van der Waals surface area contributed by atoms with Crippen molar-refractivity contribution in [2.45, 2.75) is 39.0 Å². The Balaban J connectivity index is 1.56. The molecule has 4 rings (SSSR count). The van der Waals surface area contributed by atoms with E-state index in [4.69, 9.17) is 4.74 Å². The van der Waals surface area contributed by atoms with Crippen molar-refractivity contribution in [3.8, 4) is 5.75 Å². The number of halogens is 3. The Morgan fingerprint density at radius 3 is 2.37 bits per heavy atom. The Bertz CT molecular complexity index is 1500. The number of nitrogens with zero attached hydrogens (tertiary/aromatic N) is 2. The molecule has 3 amide bonds. The summed E-state index contributed by atoms with van der Waals surface area (Å²) in [6.07, 6.45) is -2.17. The van der Waals surface area contributed by atoms with E-state index in [9.17, 15) is 22.8 Å². The van der Waals surface area contributed by atoms with Crippen LogP contribution in [0.2, 0.25) is 0 Å². The average molecular weight is 567 g/mol. The maximum absolute atomic E-state index is 13.7. The molecule has 0 aliphatic carbocycles. The number of urea groups is 1.